The Morgan fingerprint density at radius 2 is 2.07 bits per heavy atom. The van der Waals surface area contributed by atoms with Gasteiger partial charge in [0.15, 0.2) is 0 Å². The first-order valence-corrected chi connectivity index (χ1v) is 5.75. The van der Waals surface area contributed by atoms with E-state index in [0.29, 0.717) is 0 Å². The third-order valence-corrected chi connectivity index (χ3v) is 3.55. The molecule has 0 spiro atoms. The molecule has 83 valence electrons. The van der Waals surface area contributed by atoms with Gasteiger partial charge in [0.05, 0.1) is 0 Å². The van der Waals surface area contributed by atoms with Crippen molar-refractivity contribution >= 4 is 26.8 Å². The Morgan fingerprint density at radius 3 is 2.60 bits per heavy atom. The van der Waals surface area contributed by atoms with Crippen LogP contribution in [0, 0.1) is 0 Å². The Labute approximate surface area is 97.7 Å². The van der Waals surface area contributed by atoms with E-state index >= 15 is 0 Å². The molecule has 2 atom stereocenters. The van der Waals surface area contributed by atoms with Crippen LogP contribution < -0.4 is 5.32 Å². The molecule has 0 aromatic rings. The molecule has 6 heteroatoms. The van der Waals surface area contributed by atoms with Crippen LogP contribution in [0.4, 0.5) is 4.79 Å². The van der Waals surface area contributed by atoms with Crippen molar-refractivity contribution in [3.05, 3.63) is 0 Å². The van der Waals surface area contributed by atoms with Gasteiger partial charge in [-0.3, -0.25) is 0 Å². The van der Waals surface area contributed by atoms with E-state index in [-0.39, 0.29) is 23.9 Å². The summed E-state index contributed by atoms with van der Waals surface area (Å²) in [6.45, 7) is 6.05. The molecule has 5 nitrogen and oxygen atoms in total. The maximum absolute atomic E-state index is 11.8. The Morgan fingerprint density at radius 1 is 1.47 bits per heavy atom. The second-order valence-electron chi connectivity index (χ2n) is 4.87. The van der Waals surface area contributed by atoms with Gasteiger partial charge in [-0.15, -0.1) is 0 Å². The quantitative estimate of drug-likeness (QED) is 0.629. The van der Waals surface area contributed by atoms with Crippen molar-refractivity contribution in [2.24, 2.45) is 4.99 Å². The number of rotatable bonds is 0. The molecule has 2 aliphatic heterocycles. The second-order valence-corrected chi connectivity index (χ2v) is 5.64. The Bertz CT molecular complexity index is 335. The van der Waals surface area contributed by atoms with Crippen LogP contribution in [-0.2, 0) is 0 Å². The predicted molar refractivity (Wildman–Crippen MR) is 58.7 cm³/mol. The average Bonchev–Trinajstić information content (AvgIpc) is 2.50. The number of amides is 2. The molecule has 1 fully saturated rings. The molecule has 2 unspecified atom stereocenters. The number of carbonyl (C=O) groups excluding carboxylic acids is 1. The summed E-state index contributed by atoms with van der Waals surface area (Å²) in [6, 6.07) is -0.0411. The molecule has 2 heterocycles. The molecule has 0 aliphatic carbocycles. The van der Waals surface area contributed by atoms with Gasteiger partial charge in [-0.25, -0.2) is 0 Å². The molecule has 0 bridgehead atoms. The summed E-state index contributed by atoms with van der Waals surface area (Å²) in [4.78, 5) is 20.0. The van der Waals surface area contributed by atoms with Crippen molar-refractivity contribution in [3.8, 4) is 0 Å². The molecule has 0 aromatic carbocycles. The number of urea groups is 1. The first kappa shape index (κ1) is 10.8. The standard InChI is InChI=1S/C9H15N4OSe/c1-9(2,3)13-6-5(10-7(13)14)12(4)8(15)11-6/h5-6H,1-4H3,(H,10,14). The minimum atomic E-state index is -0.210. The van der Waals surface area contributed by atoms with E-state index in [2.05, 4.69) is 26.3 Å². The Kier molecular flexibility index (Phi) is 2.24. The van der Waals surface area contributed by atoms with E-state index in [9.17, 15) is 4.79 Å². The fourth-order valence-electron chi connectivity index (χ4n) is 1.98. The van der Waals surface area contributed by atoms with Crippen LogP contribution in [0.25, 0.3) is 0 Å². The van der Waals surface area contributed by atoms with Crippen LogP contribution in [0.3, 0.4) is 0 Å². The number of amidine groups is 1. The predicted octanol–water partition coefficient (Wildman–Crippen LogP) is -0.0678. The van der Waals surface area contributed by atoms with Gasteiger partial charge in [-0.1, -0.05) is 0 Å². The van der Waals surface area contributed by atoms with E-state index in [1.807, 2.05) is 32.7 Å². The van der Waals surface area contributed by atoms with Gasteiger partial charge in [-0.2, -0.15) is 0 Å². The maximum atomic E-state index is 11.8. The molecule has 0 aromatic heterocycles. The number of fused-ring (bicyclic) bond motifs is 1. The van der Waals surface area contributed by atoms with Crippen LogP contribution in [0.2, 0.25) is 0 Å². The molecule has 1 radical (unpaired) electrons. The molecule has 2 aliphatic rings. The first-order valence-electron chi connectivity index (χ1n) is 4.90. The van der Waals surface area contributed by atoms with Crippen molar-refractivity contribution in [3.63, 3.8) is 0 Å². The molecule has 0 saturated carbocycles. The number of hydrogen-bond acceptors (Lipinski definition) is 3. The van der Waals surface area contributed by atoms with Gasteiger partial charge in [0.25, 0.3) is 0 Å². The van der Waals surface area contributed by atoms with E-state index in [1.165, 1.54) is 0 Å². The number of nitrogens with zero attached hydrogens (tertiary/aromatic N) is 3. The molecule has 1 N–H and O–H groups in total. The van der Waals surface area contributed by atoms with Gasteiger partial charge in [0.2, 0.25) is 0 Å². The molecule has 15 heavy (non-hydrogen) atoms. The van der Waals surface area contributed by atoms with Crippen LogP contribution in [0.15, 0.2) is 4.99 Å². The number of carbonyl (C=O) groups is 1. The number of aliphatic imine (C=N–C) groups is 1. The summed E-state index contributed by atoms with van der Waals surface area (Å²) in [5.41, 5.74) is -0.210. The SMILES string of the molecule is CN1C([Se])=NC2C1NC(=O)N2C(C)(C)C. The van der Waals surface area contributed by atoms with E-state index in [4.69, 9.17) is 0 Å². The van der Waals surface area contributed by atoms with E-state index < -0.39 is 0 Å². The van der Waals surface area contributed by atoms with E-state index in [1.54, 1.807) is 4.90 Å². The number of likely N-dealkylation sites (N-methyl/N-ethyl adjacent to an activating group) is 1. The molecular weight excluding hydrogens is 259 g/mol. The van der Waals surface area contributed by atoms with E-state index in [0.717, 1.165) is 4.73 Å². The van der Waals surface area contributed by atoms with Crippen LogP contribution in [0.5, 0.6) is 0 Å². The number of hydrogen-bond donors (Lipinski definition) is 1. The zero-order valence-electron chi connectivity index (χ0n) is 9.31. The van der Waals surface area contributed by atoms with Gasteiger partial charge < -0.3 is 0 Å². The fraction of sp³-hybridized carbons (Fsp3) is 0.778. The fourth-order valence-corrected chi connectivity index (χ4v) is 2.45. The zero-order valence-corrected chi connectivity index (χ0v) is 11.0. The third kappa shape index (κ3) is 1.52. The van der Waals surface area contributed by atoms with Gasteiger partial charge in [0.1, 0.15) is 0 Å². The summed E-state index contributed by atoms with van der Waals surface area (Å²) in [5.74, 6) is 0. The van der Waals surface area contributed by atoms with Crippen molar-refractivity contribution in [1.29, 1.82) is 0 Å². The van der Waals surface area contributed by atoms with Crippen LogP contribution in [0.1, 0.15) is 20.8 Å². The monoisotopic (exact) mass is 275 g/mol. The summed E-state index contributed by atoms with van der Waals surface area (Å²) in [5, 5.41) is 2.93. The zero-order chi connectivity index (χ0) is 11.4. The Hall–Kier alpha value is -0.741. The normalized spacial score (nSPS) is 30.4. The molecule has 2 amide bonds. The van der Waals surface area contributed by atoms with Gasteiger partial charge >= 0.3 is 97.4 Å². The molecule has 1 saturated heterocycles. The average molecular weight is 274 g/mol. The van der Waals surface area contributed by atoms with Crippen LogP contribution >= 0.6 is 0 Å². The summed E-state index contributed by atoms with van der Waals surface area (Å²) in [7, 11) is 1.92. The second kappa shape index (κ2) is 3.12. The number of nitrogens with one attached hydrogen (secondary N) is 1. The van der Waals surface area contributed by atoms with Crippen molar-refractivity contribution in [2.75, 3.05) is 7.05 Å². The Balaban J connectivity index is 2.32. The molecular formula is C9H15N4OSe. The minimum absolute atomic E-state index is 0.0343. The first-order chi connectivity index (χ1) is 6.82. The van der Waals surface area contributed by atoms with Crippen molar-refractivity contribution in [1.82, 2.24) is 15.1 Å². The van der Waals surface area contributed by atoms with Crippen molar-refractivity contribution < 1.29 is 4.79 Å². The van der Waals surface area contributed by atoms with Crippen LogP contribution in [-0.4, -0.2) is 61.5 Å². The van der Waals surface area contributed by atoms with Gasteiger partial charge in [-0.05, 0) is 0 Å². The third-order valence-electron chi connectivity index (χ3n) is 2.72. The summed E-state index contributed by atoms with van der Waals surface area (Å²) >= 11 is 2.90. The van der Waals surface area contributed by atoms with Gasteiger partial charge in [0, 0.05) is 0 Å². The summed E-state index contributed by atoms with van der Waals surface area (Å²) in [6.07, 6.45) is -0.147. The summed E-state index contributed by atoms with van der Waals surface area (Å²) < 4.78 is 0.847. The molecule has 2 rings (SSSR count). The topological polar surface area (TPSA) is 47.9 Å². The van der Waals surface area contributed by atoms with Crippen molar-refractivity contribution in [2.45, 2.75) is 38.6 Å².